The molecule has 2 atom stereocenters. The first kappa shape index (κ1) is 12.2. The van der Waals surface area contributed by atoms with Crippen molar-refractivity contribution in [2.75, 3.05) is 0 Å². The number of hydrogen-bond acceptors (Lipinski definition) is 1. The Labute approximate surface area is 125 Å². The van der Waals surface area contributed by atoms with Gasteiger partial charge in [0, 0.05) is 0 Å². The van der Waals surface area contributed by atoms with Crippen LogP contribution in [0.5, 0.6) is 0 Å². The molecule has 0 radical (unpaired) electrons. The van der Waals surface area contributed by atoms with Crippen molar-refractivity contribution in [3.05, 3.63) is 77.9 Å². The predicted molar refractivity (Wildman–Crippen MR) is 85.4 cm³/mol. The van der Waals surface area contributed by atoms with E-state index in [0.717, 1.165) is 0 Å². The second-order valence-electron chi connectivity index (χ2n) is 5.17. The second-order valence-corrected chi connectivity index (χ2v) is 7.72. The van der Waals surface area contributed by atoms with Crippen molar-refractivity contribution in [1.29, 1.82) is 0 Å². The molecular weight excluding hydrogens is 309 g/mol. The molecule has 0 saturated heterocycles. The molecule has 3 aromatic rings. The molecule has 1 aliphatic rings. The van der Waals surface area contributed by atoms with Gasteiger partial charge in [-0.3, -0.25) is 0 Å². The predicted octanol–water partition coefficient (Wildman–Crippen LogP) is 2.92. The van der Waals surface area contributed by atoms with Crippen molar-refractivity contribution in [1.82, 2.24) is 0 Å². The standard InChI is InChI=1S/C18H15NSe/c19-17-14-10-4-6-12-7-5-11-15(16(12)14)18(17)20-13-8-2-1-3-9-13/h1-11,17-18H,19H2/t17-,18-/m0/s1. The molecule has 20 heavy (non-hydrogen) atoms. The van der Waals surface area contributed by atoms with Crippen LogP contribution in [0.4, 0.5) is 0 Å². The number of nitrogens with two attached hydrogens (primary N) is 1. The molecule has 3 aromatic carbocycles. The zero-order chi connectivity index (χ0) is 13.5. The topological polar surface area (TPSA) is 26.0 Å². The molecule has 1 aliphatic carbocycles. The van der Waals surface area contributed by atoms with E-state index in [-0.39, 0.29) is 6.04 Å². The maximum absolute atomic E-state index is 6.55. The van der Waals surface area contributed by atoms with E-state index in [4.69, 9.17) is 5.73 Å². The average molecular weight is 324 g/mol. The van der Waals surface area contributed by atoms with Crippen molar-refractivity contribution in [3.8, 4) is 0 Å². The van der Waals surface area contributed by atoms with Crippen LogP contribution in [0.15, 0.2) is 66.7 Å². The van der Waals surface area contributed by atoms with Gasteiger partial charge in [0.05, 0.1) is 0 Å². The van der Waals surface area contributed by atoms with Crippen LogP contribution in [0.1, 0.15) is 22.0 Å². The third-order valence-electron chi connectivity index (χ3n) is 3.97. The summed E-state index contributed by atoms with van der Waals surface area (Å²) in [7, 11) is 0. The van der Waals surface area contributed by atoms with Gasteiger partial charge in [-0.2, -0.15) is 0 Å². The van der Waals surface area contributed by atoms with Gasteiger partial charge in [0.25, 0.3) is 0 Å². The van der Waals surface area contributed by atoms with Crippen LogP contribution in [0.3, 0.4) is 0 Å². The molecule has 0 fully saturated rings. The molecule has 0 unspecified atom stereocenters. The Morgan fingerprint density at radius 1 is 0.750 bits per heavy atom. The van der Waals surface area contributed by atoms with Gasteiger partial charge < -0.3 is 0 Å². The third kappa shape index (κ3) is 1.81. The monoisotopic (exact) mass is 325 g/mol. The first-order chi connectivity index (χ1) is 9.84. The van der Waals surface area contributed by atoms with E-state index in [1.165, 1.54) is 26.4 Å². The molecule has 4 rings (SSSR count). The molecule has 2 heteroatoms. The van der Waals surface area contributed by atoms with Crippen LogP contribution in [-0.2, 0) is 0 Å². The molecule has 0 aromatic heterocycles. The minimum atomic E-state index is 0.135. The van der Waals surface area contributed by atoms with E-state index in [9.17, 15) is 0 Å². The maximum atomic E-state index is 6.55. The van der Waals surface area contributed by atoms with E-state index in [1.807, 2.05) is 0 Å². The Morgan fingerprint density at radius 3 is 2.20 bits per heavy atom. The first-order valence-corrected chi connectivity index (χ1v) is 8.68. The molecule has 0 amide bonds. The summed E-state index contributed by atoms with van der Waals surface area (Å²) in [6.45, 7) is 0. The van der Waals surface area contributed by atoms with E-state index in [2.05, 4.69) is 66.7 Å². The van der Waals surface area contributed by atoms with Crippen LogP contribution < -0.4 is 10.2 Å². The van der Waals surface area contributed by atoms with Crippen LogP contribution in [0.25, 0.3) is 10.8 Å². The molecule has 1 nitrogen and oxygen atoms in total. The van der Waals surface area contributed by atoms with E-state index in [0.29, 0.717) is 19.8 Å². The van der Waals surface area contributed by atoms with Gasteiger partial charge in [0.2, 0.25) is 0 Å². The quantitative estimate of drug-likeness (QED) is 0.721. The zero-order valence-electron chi connectivity index (χ0n) is 11.0. The fourth-order valence-corrected chi connectivity index (χ4v) is 5.62. The Balaban J connectivity index is 1.83. The van der Waals surface area contributed by atoms with Crippen molar-refractivity contribution >= 4 is 30.2 Å². The van der Waals surface area contributed by atoms with Crippen molar-refractivity contribution in [2.45, 2.75) is 10.9 Å². The normalized spacial score (nSPS) is 20.4. The number of rotatable bonds is 2. The molecule has 0 bridgehead atoms. The zero-order valence-corrected chi connectivity index (χ0v) is 12.7. The van der Waals surface area contributed by atoms with Crippen LogP contribution in [0.2, 0.25) is 0 Å². The summed E-state index contributed by atoms with van der Waals surface area (Å²) >= 11 is 0.369. The van der Waals surface area contributed by atoms with Gasteiger partial charge in [0.1, 0.15) is 0 Å². The Hall–Kier alpha value is -1.60. The summed E-state index contributed by atoms with van der Waals surface area (Å²) in [6, 6.07) is 24.0. The Kier molecular flexibility index (Phi) is 2.89. The van der Waals surface area contributed by atoms with E-state index >= 15 is 0 Å². The average Bonchev–Trinajstić information content (AvgIpc) is 2.77. The van der Waals surface area contributed by atoms with Crippen molar-refractivity contribution < 1.29 is 0 Å². The molecule has 0 aliphatic heterocycles. The van der Waals surface area contributed by atoms with Gasteiger partial charge in [-0.1, -0.05) is 0 Å². The number of benzene rings is 3. The summed E-state index contributed by atoms with van der Waals surface area (Å²) in [5.41, 5.74) is 9.31. The van der Waals surface area contributed by atoms with Gasteiger partial charge in [-0.05, 0) is 0 Å². The summed E-state index contributed by atoms with van der Waals surface area (Å²) in [4.78, 5) is 0.450. The van der Waals surface area contributed by atoms with Crippen LogP contribution in [-0.4, -0.2) is 15.0 Å². The molecule has 0 heterocycles. The van der Waals surface area contributed by atoms with Gasteiger partial charge in [-0.15, -0.1) is 0 Å². The fraction of sp³-hybridized carbons (Fsp3) is 0.111. The summed E-state index contributed by atoms with van der Waals surface area (Å²) in [6.07, 6.45) is 0. The first-order valence-electron chi connectivity index (χ1n) is 6.83. The SMILES string of the molecule is N[C@H]1c2cccc3cccc(c23)[C@@H]1[Se]c1ccccc1. The number of hydrogen-bond donors (Lipinski definition) is 1. The molecule has 2 N–H and O–H groups in total. The van der Waals surface area contributed by atoms with Crippen LogP contribution >= 0.6 is 0 Å². The summed E-state index contributed by atoms with van der Waals surface area (Å²) in [5, 5.41) is 2.71. The van der Waals surface area contributed by atoms with E-state index in [1.54, 1.807) is 0 Å². The van der Waals surface area contributed by atoms with Crippen molar-refractivity contribution in [3.63, 3.8) is 0 Å². The Morgan fingerprint density at radius 2 is 1.45 bits per heavy atom. The molecule has 0 saturated carbocycles. The Bertz CT molecular complexity index is 761. The second kappa shape index (κ2) is 4.75. The van der Waals surface area contributed by atoms with Gasteiger partial charge in [0.15, 0.2) is 0 Å². The van der Waals surface area contributed by atoms with Crippen LogP contribution in [0, 0.1) is 0 Å². The molecule has 98 valence electrons. The summed E-state index contributed by atoms with van der Waals surface area (Å²) < 4.78 is 1.42. The minimum absolute atomic E-state index is 0.135. The molecule has 0 spiro atoms. The van der Waals surface area contributed by atoms with E-state index < -0.39 is 0 Å². The third-order valence-corrected chi connectivity index (χ3v) is 6.79. The fourth-order valence-electron chi connectivity index (χ4n) is 3.05. The molecular formula is C18H15NSe. The van der Waals surface area contributed by atoms with Gasteiger partial charge in [-0.25, -0.2) is 0 Å². The van der Waals surface area contributed by atoms with Gasteiger partial charge >= 0.3 is 125 Å². The summed E-state index contributed by atoms with van der Waals surface area (Å²) in [5.74, 6) is 0. The van der Waals surface area contributed by atoms with Crippen molar-refractivity contribution in [2.24, 2.45) is 5.73 Å².